The minimum atomic E-state index is -5.47. The van der Waals surface area contributed by atoms with Gasteiger partial charge in [0, 0.05) is 96.4 Å². The van der Waals surface area contributed by atoms with E-state index in [-0.39, 0.29) is 411 Å². The molecule has 0 amide bonds. The van der Waals surface area contributed by atoms with Gasteiger partial charge in [-0.15, -0.1) is 0 Å². The van der Waals surface area contributed by atoms with Gasteiger partial charge in [-0.2, -0.15) is 0 Å². The van der Waals surface area contributed by atoms with Crippen LogP contribution in [0.25, 0.3) is 0 Å². The van der Waals surface area contributed by atoms with Gasteiger partial charge in [0.05, 0.1) is 0 Å². The Morgan fingerprint density at radius 1 is 0.214 bits per heavy atom. The van der Waals surface area contributed by atoms with Gasteiger partial charge in [0.25, 0.3) is 0 Å². The van der Waals surface area contributed by atoms with E-state index in [2.05, 4.69) is 0 Å². The second-order valence-corrected chi connectivity index (χ2v) is 20.9. The van der Waals surface area contributed by atoms with E-state index in [1.165, 1.54) is 0 Å². The Balaban J connectivity index is -0.000000394. The van der Waals surface area contributed by atoms with Crippen molar-refractivity contribution in [3.8, 4) is 0 Å². The van der Waals surface area contributed by atoms with Crippen LogP contribution in [0.5, 0.6) is 0 Å². The van der Waals surface area contributed by atoms with Crippen molar-refractivity contribution in [2.45, 2.75) is 0 Å². The third kappa shape index (κ3) is 64.1. The fourth-order valence-corrected chi connectivity index (χ4v) is 9.54. The van der Waals surface area contributed by atoms with Gasteiger partial charge in [-0.25, -0.2) is 0 Å². The van der Waals surface area contributed by atoms with Gasteiger partial charge in [0.1, 0.15) is 0 Å². The van der Waals surface area contributed by atoms with E-state index in [1.54, 1.807) is 0 Å². The zero-order valence-electron chi connectivity index (χ0n) is 32.5. The summed E-state index contributed by atoms with van der Waals surface area (Å²) in [7, 11) is -38.3. The first kappa shape index (κ1) is 89.5. The molecule has 0 aliphatic rings. The summed E-state index contributed by atoms with van der Waals surface area (Å²) in [5, 5.41) is 0. The number of hydrogen-bond donors (Lipinski definition) is 0. The molecular formula is C15H30K8N5O21P7-6. The maximum Gasteiger partial charge on any atom is 1.00 e. The van der Waals surface area contributed by atoms with E-state index < -0.39 is 150 Å². The first-order valence-corrected chi connectivity index (χ1v) is 24.9. The van der Waals surface area contributed by atoms with Crippen LogP contribution in [0.4, 0.5) is 0 Å². The molecule has 0 bridgehead atoms. The molecule has 0 aromatic heterocycles. The van der Waals surface area contributed by atoms with Crippen molar-refractivity contribution in [1.29, 1.82) is 0 Å². The number of hydrogen-bond acceptors (Lipinski definition) is 26. The van der Waals surface area contributed by atoms with Gasteiger partial charge in [0.15, 0.2) is 0 Å². The Morgan fingerprint density at radius 2 is 0.304 bits per heavy atom. The molecular weight excluding hydrogens is 1120 g/mol. The van der Waals surface area contributed by atoms with Crippen LogP contribution in [0.15, 0.2) is 0 Å². The molecule has 0 aliphatic heterocycles. The molecule has 0 aliphatic carbocycles. The van der Waals surface area contributed by atoms with Crippen molar-refractivity contribution in [3.05, 3.63) is 0 Å². The first-order chi connectivity index (χ1) is 21.1. The molecule has 0 heterocycles. The third-order valence-corrected chi connectivity index (χ3v) is 10.8. The first-order valence-electron chi connectivity index (χ1n) is 12.8. The molecule has 0 spiro atoms. The van der Waals surface area contributed by atoms with Gasteiger partial charge in [-0.05, 0) is 0 Å². The Hall–Kier alpha value is 13.9. The summed E-state index contributed by atoms with van der Waals surface area (Å²) < 4.78 is 78.8. The standard InChI is InChI=1S/C15H44N5O21P7.8K/c21-42(22,23)9-16(1-3-17(10-43(24,25)26)5-7-19(12-45(30,31)32)13-46(33,34)35)2-4-18(11-44(27,28)29)6-8-20(14-47(36,37)38)15-48(39,40)41;;;;;;;;/h1-15H2,(H2,21,22,23)(H2,24,25,26)(H2,27,28,29)(H2,30,31,32)(H2,33,34,35)(H2,36,37,38)(H2,39,40,41);;;;;;;;/q;8*+1/p-14. The van der Waals surface area contributed by atoms with E-state index in [0.717, 1.165) is 4.90 Å². The molecule has 0 fully saturated rings. The SMILES string of the molecule is O=P([O-])([O-])CN(CCN(CCN(CP(=O)([O-])[O-])CP(=O)([O-])[O-])CP(=O)([O-])[O-])CCN(CCN(CP(=O)([O-])[O-])CP(=O)([O-])[O-])CP(=O)([O-])[O-].[K+].[K+].[K+].[K+].[K+].[K+].[K+].[K+]. The Kier molecular flexibility index (Phi) is 68.9. The average molecular weight is 1150 g/mol. The monoisotopic (exact) mass is 1140 g/mol. The van der Waals surface area contributed by atoms with Crippen molar-refractivity contribution in [2.75, 3.05) is 96.4 Å². The molecule has 0 saturated carbocycles. The maximum absolute atomic E-state index is 11.5. The summed E-state index contributed by atoms with van der Waals surface area (Å²) >= 11 is 0. The summed E-state index contributed by atoms with van der Waals surface area (Å²) in [6.45, 7) is -5.71. The molecule has 0 N–H and O–H groups in total. The molecule has 0 radical (unpaired) electrons. The fourth-order valence-electron chi connectivity index (χ4n) is 3.98. The molecule has 26 nitrogen and oxygen atoms in total. The van der Waals surface area contributed by atoms with Gasteiger partial charge >= 0.3 is 411 Å². The van der Waals surface area contributed by atoms with Crippen LogP contribution >= 0.6 is 53.2 Å². The second-order valence-electron chi connectivity index (χ2n) is 10.4. The van der Waals surface area contributed by atoms with E-state index in [0.29, 0.717) is 19.6 Å². The normalized spacial score (nSPS) is 12.6. The van der Waals surface area contributed by atoms with Gasteiger partial charge < -0.3 is 100 Å². The topological polar surface area (TPSA) is 459 Å². The summed E-state index contributed by atoms with van der Waals surface area (Å²) in [5.74, 6) is 0. The van der Waals surface area contributed by atoms with Crippen molar-refractivity contribution in [2.24, 2.45) is 0 Å². The summed E-state index contributed by atoms with van der Waals surface area (Å²) in [6, 6.07) is 0. The Morgan fingerprint density at radius 3 is 0.411 bits per heavy atom. The maximum atomic E-state index is 11.5. The molecule has 0 aromatic rings. The molecule has 290 valence electrons. The van der Waals surface area contributed by atoms with Crippen molar-refractivity contribution >= 4 is 53.2 Å². The Bertz CT molecular complexity index is 1230. The largest absolute Gasteiger partial charge is 1.00 e. The van der Waals surface area contributed by atoms with Crippen LogP contribution in [0.3, 0.4) is 0 Å². The van der Waals surface area contributed by atoms with Crippen LogP contribution in [0.2, 0.25) is 0 Å². The molecule has 56 heavy (non-hydrogen) atoms. The van der Waals surface area contributed by atoms with Crippen LogP contribution in [0.1, 0.15) is 0 Å². The van der Waals surface area contributed by atoms with Crippen molar-refractivity contribution in [1.82, 2.24) is 24.5 Å². The van der Waals surface area contributed by atoms with E-state index in [1.807, 2.05) is 0 Å². The Labute approximate surface area is 665 Å². The predicted molar refractivity (Wildman–Crippen MR) is 135 cm³/mol. The van der Waals surface area contributed by atoms with Crippen LogP contribution in [-0.4, -0.2) is 121 Å². The zero-order chi connectivity index (χ0) is 38.0. The fraction of sp³-hybridized carbons (Fsp3) is 1.00. The van der Waals surface area contributed by atoms with E-state index >= 15 is 0 Å². The van der Waals surface area contributed by atoms with E-state index in [4.69, 9.17) is 0 Å². The number of rotatable bonds is 26. The third-order valence-electron chi connectivity index (χ3n) is 5.54. The van der Waals surface area contributed by atoms with Gasteiger partial charge in [0.2, 0.25) is 0 Å². The van der Waals surface area contributed by atoms with Crippen molar-refractivity contribution < 1.29 is 512 Å². The van der Waals surface area contributed by atoms with E-state index in [9.17, 15) is 100 Å². The number of nitrogens with zero attached hydrogens (tertiary/aromatic N) is 5. The average Bonchev–Trinajstić information content (AvgIpc) is 2.75. The molecule has 0 atom stereocenters. The van der Waals surface area contributed by atoms with Crippen LogP contribution < -0.4 is 480 Å². The predicted octanol–water partition coefficient (Wildman–Crippen LogP) is -36.4. The minimum absolute atomic E-state index is 0. The smallest absolute Gasteiger partial charge is 0.810 e. The van der Waals surface area contributed by atoms with Crippen LogP contribution in [0, 0.1) is 0 Å². The molecule has 0 aromatic carbocycles. The summed E-state index contributed by atoms with van der Waals surface area (Å²) in [4.78, 5) is 160. The van der Waals surface area contributed by atoms with Crippen LogP contribution in [-0.2, 0) is 32.0 Å². The molecule has 0 saturated heterocycles. The quantitative estimate of drug-likeness (QED) is 0.0573. The second kappa shape index (κ2) is 43.1. The summed E-state index contributed by atoms with van der Waals surface area (Å²) in [5.41, 5.74) is 0. The zero-order valence-corrected chi connectivity index (χ0v) is 63.8. The minimum Gasteiger partial charge on any atom is -0.810 e. The van der Waals surface area contributed by atoms with Crippen molar-refractivity contribution in [3.63, 3.8) is 0 Å². The molecule has 0 rings (SSSR count). The summed E-state index contributed by atoms with van der Waals surface area (Å²) in [6.07, 6.45) is -10.1. The molecule has 0 unspecified atom stereocenters. The van der Waals surface area contributed by atoms with Gasteiger partial charge in [-0.3, -0.25) is 24.5 Å². The van der Waals surface area contributed by atoms with Gasteiger partial charge in [-0.1, -0.05) is 53.2 Å². The molecule has 41 heteroatoms.